The first-order chi connectivity index (χ1) is 8.12. The van der Waals surface area contributed by atoms with Crippen LogP contribution < -0.4 is 0 Å². The molecule has 1 rings (SSSR count). The zero-order valence-electron chi connectivity index (χ0n) is 11.2. The number of hydrogen-bond donors (Lipinski definition) is 2. The van der Waals surface area contributed by atoms with Crippen molar-refractivity contribution in [2.24, 2.45) is 5.41 Å². The van der Waals surface area contributed by atoms with Crippen LogP contribution in [-0.4, -0.2) is 61.7 Å². The van der Waals surface area contributed by atoms with Gasteiger partial charge in [0.1, 0.15) is 0 Å². The van der Waals surface area contributed by atoms with Crippen LogP contribution in [0.15, 0.2) is 0 Å². The van der Waals surface area contributed by atoms with E-state index >= 15 is 0 Å². The first-order valence-corrected chi connectivity index (χ1v) is 6.58. The van der Waals surface area contributed by atoms with Crippen LogP contribution in [0.1, 0.15) is 32.1 Å². The van der Waals surface area contributed by atoms with E-state index in [0.29, 0.717) is 13.2 Å². The highest BCUT2D eigenvalue weighted by molar-refractivity contribution is 4.85. The first kappa shape index (κ1) is 14.9. The van der Waals surface area contributed by atoms with Crippen LogP contribution in [0.25, 0.3) is 0 Å². The molecular formula is C13H27NO3. The van der Waals surface area contributed by atoms with E-state index in [1.165, 1.54) is 19.3 Å². The summed E-state index contributed by atoms with van der Waals surface area (Å²) in [5.41, 5.74) is 0.0553. The maximum Gasteiger partial charge on any atom is 0.0899 e. The fourth-order valence-electron chi connectivity index (χ4n) is 2.91. The molecule has 1 aliphatic rings. The monoisotopic (exact) mass is 245 g/mol. The third-order valence-electron chi connectivity index (χ3n) is 3.74. The summed E-state index contributed by atoms with van der Waals surface area (Å²) >= 11 is 0. The molecule has 0 aromatic rings. The summed E-state index contributed by atoms with van der Waals surface area (Å²) in [6, 6.07) is 0. The highest BCUT2D eigenvalue weighted by Gasteiger charge is 2.32. The van der Waals surface area contributed by atoms with Gasteiger partial charge < -0.3 is 19.8 Å². The lowest BCUT2D eigenvalue weighted by Gasteiger charge is -2.39. The van der Waals surface area contributed by atoms with Crippen LogP contribution in [0.4, 0.5) is 0 Å². The molecule has 1 fully saturated rings. The van der Waals surface area contributed by atoms with Crippen molar-refractivity contribution in [1.82, 2.24) is 4.90 Å². The Balaban J connectivity index is 2.38. The van der Waals surface area contributed by atoms with Crippen molar-refractivity contribution in [2.75, 3.05) is 40.5 Å². The Morgan fingerprint density at radius 1 is 1.29 bits per heavy atom. The second kappa shape index (κ2) is 7.31. The molecule has 2 N–H and O–H groups in total. The fourth-order valence-corrected chi connectivity index (χ4v) is 2.91. The van der Waals surface area contributed by atoms with Gasteiger partial charge in [0.15, 0.2) is 0 Å². The fraction of sp³-hybridized carbons (Fsp3) is 1.00. The molecule has 0 amide bonds. The average molecular weight is 245 g/mol. The molecule has 0 aliphatic heterocycles. The molecule has 1 unspecified atom stereocenters. The van der Waals surface area contributed by atoms with Gasteiger partial charge in [-0.3, -0.25) is 0 Å². The number of hydrogen-bond acceptors (Lipinski definition) is 4. The third kappa shape index (κ3) is 4.92. The van der Waals surface area contributed by atoms with Crippen molar-refractivity contribution in [1.29, 1.82) is 0 Å². The molecular weight excluding hydrogens is 218 g/mol. The lowest BCUT2D eigenvalue weighted by Crippen LogP contribution is -2.43. The molecule has 102 valence electrons. The van der Waals surface area contributed by atoms with E-state index in [9.17, 15) is 10.2 Å². The van der Waals surface area contributed by atoms with Crippen molar-refractivity contribution in [3.8, 4) is 0 Å². The van der Waals surface area contributed by atoms with Crippen molar-refractivity contribution in [2.45, 2.75) is 38.2 Å². The second-order valence-electron chi connectivity index (χ2n) is 5.52. The van der Waals surface area contributed by atoms with E-state index < -0.39 is 6.10 Å². The standard InChI is InChI=1S/C13H27NO3/c1-14(8-12(16)9-17-2)10-13(11-15)6-4-3-5-7-13/h12,15-16H,3-11H2,1-2H3. The van der Waals surface area contributed by atoms with Gasteiger partial charge in [0.25, 0.3) is 0 Å². The predicted molar refractivity (Wildman–Crippen MR) is 68.0 cm³/mol. The molecule has 0 heterocycles. The Labute approximate surface area is 105 Å². The highest BCUT2D eigenvalue weighted by Crippen LogP contribution is 2.36. The minimum absolute atomic E-state index is 0.0553. The van der Waals surface area contributed by atoms with Gasteiger partial charge in [0, 0.05) is 32.2 Å². The van der Waals surface area contributed by atoms with Crippen molar-refractivity contribution in [3.63, 3.8) is 0 Å². The van der Waals surface area contributed by atoms with Gasteiger partial charge in [-0.15, -0.1) is 0 Å². The maximum absolute atomic E-state index is 9.68. The zero-order chi connectivity index (χ0) is 12.7. The van der Waals surface area contributed by atoms with E-state index in [1.54, 1.807) is 7.11 Å². The first-order valence-electron chi connectivity index (χ1n) is 6.58. The second-order valence-corrected chi connectivity index (χ2v) is 5.52. The Morgan fingerprint density at radius 3 is 2.47 bits per heavy atom. The molecule has 0 aromatic heterocycles. The number of aliphatic hydroxyl groups excluding tert-OH is 2. The summed E-state index contributed by atoms with van der Waals surface area (Å²) in [7, 11) is 3.60. The number of nitrogens with zero attached hydrogens (tertiary/aromatic N) is 1. The van der Waals surface area contributed by atoms with Crippen LogP contribution in [0.5, 0.6) is 0 Å². The average Bonchev–Trinajstić information content (AvgIpc) is 2.30. The van der Waals surface area contributed by atoms with E-state index in [4.69, 9.17) is 4.74 Å². The molecule has 0 bridgehead atoms. The molecule has 1 aliphatic carbocycles. The maximum atomic E-state index is 9.68. The molecule has 1 atom stereocenters. The summed E-state index contributed by atoms with van der Waals surface area (Å²) in [5.74, 6) is 0. The Bertz CT molecular complexity index is 205. The van der Waals surface area contributed by atoms with Crippen LogP contribution in [-0.2, 0) is 4.74 Å². The van der Waals surface area contributed by atoms with Gasteiger partial charge in [0.2, 0.25) is 0 Å². The van der Waals surface area contributed by atoms with Gasteiger partial charge in [-0.05, 0) is 19.9 Å². The number of aliphatic hydroxyl groups is 2. The third-order valence-corrected chi connectivity index (χ3v) is 3.74. The topological polar surface area (TPSA) is 52.9 Å². The number of ether oxygens (including phenoxy) is 1. The molecule has 17 heavy (non-hydrogen) atoms. The summed E-state index contributed by atoms with van der Waals surface area (Å²) in [4.78, 5) is 2.12. The predicted octanol–water partition coefficient (Wildman–Crippen LogP) is 0.868. The number of likely N-dealkylation sites (N-methyl/N-ethyl adjacent to an activating group) is 1. The summed E-state index contributed by atoms with van der Waals surface area (Å²) in [6.07, 6.45) is 5.49. The van der Waals surface area contributed by atoms with Crippen molar-refractivity contribution in [3.05, 3.63) is 0 Å². The summed E-state index contributed by atoms with van der Waals surface area (Å²) in [6.45, 7) is 2.11. The zero-order valence-corrected chi connectivity index (χ0v) is 11.2. The van der Waals surface area contributed by atoms with Gasteiger partial charge in [-0.25, -0.2) is 0 Å². The van der Waals surface area contributed by atoms with E-state index in [0.717, 1.165) is 19.4 Å². The quantitative estimate of drug-likeness (QED) is 0.699. The van der Waals surface area contributed by atoms with Crippen molar-refractivity contribution < 1.29 is 14.9 Å². The number of methoxy groups -OCH3 is 1. The van der Waals surface area contributed by atoms with Crippen LogP contribution in [0, 0.1) is 5.41 Å². The molecule has 0 spiro atoms. The Hall–Kier alpha value is -0.160. The van der Waals surface area contributed by atoms with Gasteiger partial charge in [0.05, 0.1) is 12.7 Å². The Morgan fingerprint density at radius 2 is 1.94 bits per heavy atom. The largest absolute Gasteiger partial charge is 0.396 e. The molecule has 0 saturated heterocycles. The lowest BCUT2D eigenvalue weighted by atomic mass is 9.74. The van der Waals surface area contributed by atoms with Gasteiger partial charge in [-0.2, -0.15) is 0 Å². The van der Waals surface area contributed by atoms with E-state index in [-0.39, 0.29) is 12.0 Å². The molecule has 4 heteroatoms. The van der Waals surface area contributed by atoms with Gasteiger partial charge in [-0.1, -0.05) is 19.3 Å². The molecule has 4 nitrogen and oxygen atoms in total. The smallest absolute Gasteiger partial charge is 0.0899 e. The van der Waals surface area contributed by atoms with Crippen LogP contribution in [0.2, 0.25) is 0 Å². The Kier molecular flexibility index (Phi) is 6.41. The van der Waals surface area contributed by atoms with Crippen LogP contribution in [0.3, 0.4) is 0 Å². The highest BCUT2D eigenvalue weighted by atomic mass is 16.5. The lowest BCUT2D eigenvalue weighted by molar-refractivity contribution is 0.0111. The normalized spacial score (nSPS) is 21.7. The molecule has 1 saturated carbocycles. The minimum atomic E-state index is -0.440. The summed E-state index contributed by atoms with van der Waals surface area (Å²) in [5, 5.41) is 19.3. The SMILES string of the molecule is COCC(O)CN(C)CC1(CO)CCCCC1. The van der Waals surface area contributed by atoms with Crippen molar-refractivity contribution >= 4 is 0 Å². The number of rotatable bonds is 7. The van der Waals surface area contributed by atoms with Crippen LogP contribution >= 0.6 is 0 Å². The minimum Gasteiger partial charge on any atom is -0.396 e. The van der Waals surface area contributed by atoms with E-state index in [2.05, 4.69) is 4.90 Å². The van der Waals surface area contributed by atoms with Gasteiger partial charge >= 0.3 is 0 Å². The van der Waals surface area contributed by atoms with E-state index in [1.807, 2.05) is 7.05 Å². The molecule has 0 aromatic carbocycles. The molecule has 0 radical (unpaired) electrons. The summed E-state index contributed by atoms with van der Waals surface area (Å²) < 4.78 is 4.92.